The van der Waals surface area contributed by atoms with Gasteiger partial charge in [-0.1, -0.05) is 90.9 Å². The van der Waals surface area contributed by atoms with E-state index in [1.807, 2.05) is 0 Å². The molecular weight excluding hydrogens is 310 g/mol. The molecule has 0 aliphatic heterocycles. The normalized spacial score (nSPS) is 10.8. The van der Waals surface area contributed by atoms with Gasteiger partial charge in [0.2, 0.25) is 5.78 Å². The van der Waals surface area contributed by atoms with Gasteiger partial charge in [-0.05, 0) is 19.8 Å². The van der Waals surface area contributed by atoms with E-state index in [9.17, 15) is 9.59 Å². The molecule has 0 fully saturated rings. The van der Waals surface area contributed by atoms with Gasteiger partial charge in [0.15, 0.2) is 0 Å². The van der Waals surface area contributed by atoms with Crippen molar-refractivity contribution in [3.63, 3.8) is 0 Å². The number of rotatable bonds is 18. The van der Waals surface area contributed by atoms with E-state index < -0.39 is 0 Å². The molecule has 0 unspecified atom stereocenters. The maximum absolute atomic E-state index is 12.0. The zero-order valence-corrected chi connectivity index (χ0v) is 17.0. The van der Waals surface area contributed by atoms with Crippen LogP contribution in [0.5, 0.6) is 0 Å². The van der Waals surface area contributed by atoms with Crippen molar-refractivity contribution in [3.8, 4) is 0 Å². The Hall–Kier alpha value is -0.860. The first-order chi connectivity index (χ1) is 12.2. The average molecular weight is 353 g/mol. The van der Waals surface area contributed by atoms with Crippen LogP contribution >= 0.6 is 0 Å². The quantitative estimate of drug-likeness (QED) is 0.220. The summed E-state index contributed by atoms with van der Waals surface area (Å²) in [6.07, 6.45) is 17.6. The summed E-state index contributed by atoms with van der Waals surface area (Å²) in [5, 5.41) is 0. The maximum Gasteiger partial charge on any atom is 0.289 e. The largest absolute Gasteiger partial charge is 0.336 e. The van der Waals surface area contributed by atoms with Gasteiger partial charge in [-0.3, -0.25) is 9.59 Å². The van der Waals surface area contributed by atoms with Crippen LogP contribution in [0.15, 0.2) is 0 Å². The summed E-state index contributed by atoms with van der Waals surface area (Å²) < 4.78 is 0. The molecule has 0 aliphatic carbocycles. The van der Waals surface area contributed by atoms with E-state index in [0.29, 0.717) is 19.5 Å². The third-order valence-corrected chi connectivity index (χ3v) is 4.83. The molecular formula is C22H42NO2. The lowest BCUT2D eigenvalue weighted by Gasteiger charge is -2.19. The lowest BCUT2D eigenvalue weighted by Crippen LogP contribution is -2.37. The monoisotopic (exact) mass is 352 g/mol. The number of amides is 1. The molecule has 1 amide bonds. The first-order valence-electron chi connectivity index (χ1n) is 10.8. The second-order valence-corrected chi connectivity index (χ2v) is 7.21. The van der Waals surface area contributed by atoms with Crippen molar-refractivity contribution in [2.45, 2.75) is 110 Å². The highest BCUT2D eigenvalue weighted by Crippen LogP contribution is 2.12. The lowest BCUT2D eigenvalue weighted by molar-refractivity contribution is -0.144. The summed E-state index contributed by atoms with van der Waals surface area (Å²) in [4.78, 5) is 25.6. The second kappa shape index (κ2) is 17.9. The molecule has 0 saturated carbocycles. The van der Waals surface area contributed by atoms with E-state index in [-0.39, 0.29) is 11.7 Å². The number of carbonyl (C=O) groups is 2. The van der Waals surface area contributed by atoms with Crippen molar-refractivity contribution >= 4 is 11.7 Å². The van der Waals surface area contributed by atoms with Gasteiger partial charge in [0, 0.05) is 19.5 Å². The molecule has 147 valence electrons. The summed E-state index contributed by atoms with van der Waals surface area (Å²) in [6.45, 7) is 9.15. The van der Waals surface area contributed by atoms with Gasteiger partial charge in [-0.25, -0.2) is 0 Å². The van der Waals surface area contributed by atoms with Crippen LogP contribution in [0.4, 0.5) is 0 Å². The van der Waals surface area contributed by atoms with Gasteiger partial charge in [0.25, 0.3) is 5.91 Å². The molecule has 0 heterocycles. The topological polar surface area (TPSA) is 37.4 Å². The number of hydrogen-bond acceptors (Lipinski definition) is 2. The van der Waals surface area contributed by atoms with Crippen LogP contribution < -0.4 is 0 Å². The SMILES string of the molecule is [CH2]CN(CCCC)C(=O)C(=O)CCCCCCCCCCCCCC. The molecule has 0 spiro atoms. The van der Waals surface area contributed by atoms with Crippen molar-refractivity contribution in [2.24, 2.45) is 0 Å². The summed E-state index contributed by atoms with van der Waals surface area (Å²) in [7, 11) is 0. The molecule has 0 aromatic rings. The van der Waals surface area contributed by atoms with E-state index in [4.69, 9.17) is 0 Å². The lowest BCUT2D eigenvalue weighted by atomic mass is 10.0. The predicted octanol–water partition coefficient (Wildman–Crippen LogP) is 6.11. The van der Waals surface area contributed by atoms with Crippen LogP contribution in [0, 0.1) is 6.92 Å². The third-order valence-electron chi connectivity index (χ3n) is 4.83. The highest BCUT2D eigenvalue weighted by atomic mass is 16.2. The number of ketones is 1. The standard InChI is InChI=1S/C22H42NO2/c1-4-7-9-10-11-12-13-14-15-16-17-18-19-21(24)22(25)23(6-3)20-8-5-2/h3-20H2,1-2H3. The highest BCUT2D eigenvalue weighted by Gasteiger charge is 2.19. The van der Waals surface area contributed by atoms with Gasteiger partial charge < -0.3 is 4.90 Å². The van der Waals surface area contributed by atoms with E-state index in [1.54, 1.807) is 4.90 Å². The van der Waals surface area contributed by atoms with Gasteiger partial charge in [-0.15, -0.1) is 0 Å². The van der Waals surface area contributed by atoms with Crippen molar-refractivity contribution in [3.05, 3.63) is 6.92 Å². The molecule has 0 N–H and O–H groups in total. The molecule has 0 aromatic carbocycles. The highest BCUT2D eigenvalue weighted by molar-refractivity contribution is 6.36. The summed E-state index contributed by atoms with van der Waals surface area (Å²) in [5.74, 6) is -0.557. The molecule has 0 bridgehead atoms. The minimum absolute atomic E-state index is 0.230. The molecule has 0 rings (SSSR count). The smallest absolute Gasteiger partial charge is 0.289 e. The van der Waals surface area contributed by atoms with E-state index in [0.717, 1.165) is 25.7 Å². The van der Waals surface area contributed by atoms with E-state index >= 15 is 0 Å². The Kier molecular flexibility index (Phi) is 17.3. The zero-order valence-electron chi connectivity index (χ0n) is 17.0. The number of hydrogen-bond donors (Lipinski definition) is 0. The van der Waals surface area contributed by atoms with E-state index in [2.05, 4.69) is 20.8 Å². The van der Waals surface area contributed by atoms with Crippen molar-refractivity contribution in [1.29, 1.82) is 0 Å². The van der Waals surface area contributed by atoms with Crippen molar-refractivity contribution < 1.29 is 9.59 Å². The number of unbranched alkanes of at least 4 members (excludes halogenated alkanes) is 12. The first-order valence-corrected chi connectivity index (χ1v) is 10.8. The molecule has 0 aliphatic rings. The predicted molar refractivity (Wildman–Crippen MR) is 108 cm³/mol. The molecule has 0 atom stereocenters. The fourth-order valence-electron chi connectivity index (χ4n) is 3.07. The van der Waals surface area contributed by atoms with Crippen molar-refractivity contribution in [1.82, 2.24) is 4.90 Å². The van der Waals surface area contributed by atoms with Crippen molar-refractivity contribution in [2.75, 3.05) is 13.1 Å². The van der Waals surface area contributed by atoms with E-state index in [1.165, 1.54) is 64.2 Å². The van der Waals surface area contributed by atoms with Gasteiger partial charge in [0.1, 0.15) is 0 Å². The third kappa shape index (κ3) is 14.0. The Morgan fingerprint density at radius 1 is 0.680 bits per heavy atom. The summed E-state index contributed by atoms with van der Waals surface area (Å²) >= 11 is 0. The molecule has 1 radical (unpaired) electrons. The van der Waals surface area contributed by atoms with Crippen LogP contribution in [-0.4, -0.2) is 29.7 Å². The minimum Gasteiger partial charge on any atom is -0.336 e. The first kappa shape index (κ1) is 24.1. The molecule has 0 saturated heterocycles. The Morgan fingerprint density at radius 2 is 1.12 bits per heavy atom. The fraction of sp³-hybridized carbons (Fsp3) is 0.864. The molecule has 0 aromatic heterocycles. The number of Topliss-reactive ketones (excluding diaryl/α,β-unsaturated/α-hetero) is 1. The number of carbonyl (C=O) groups excluding carboxylic acids is 2. The Balaban J connectivity index is 3.52. The molecule has 3 nitrogen and oxygen atoms in total. The Morgan fingerprint density at radius 3 is 1.56 bits per heavy atom. The zero-order chi connectivity index (χ0) is 18.8. The van der Waals surface area contributed by atoms with Crippen LogP contribution in [0.1, 0.15) is 110 Å². The van der Waals surface area contributed by atoms with Crippen LogP contribution in [-0.2, 0) is 9.59 Å². The summed E-state index contributed by atoms with van der Waals surface area (Å²) in [6, 6.07) is 0. The molecule has 25 heavy (non-hydrogen) atoms. The number of nitrogens with zero attached hydrogens (tertiary/aromatic N) is 1. The van der Waals surface area contributed by atoms with Crippen LogP contribution in [0.3, 0.4) is 0 Å². The Labute approximate surface area is 156 Å². The minimum atomic E-state index is -0.327. The maximum atomic E-state index is 12.0. The van der Waals surface area contributed by atoms with Gasteiger partial charge in [-0.2, -0.15) is 0 Å². The van der Waals surface area contributed by atoms with Crippen LogP contribution in [0.2, 0.25) is 0 Å². The van der Waals surface area contributed by atoms with Crippen LogP contribution in [0.25, 0.3) is 0 Å². The van der Waals surface area contributed by atoms with Gasteiger partial charge >= 0.3 is 0 Å². The Bertz CT molecular complexity index is 328. The second-order valence-electron chi connectivity index (χ2n) is 7.21. The average Bonchev–Trinajstić information content (AvgIpc) is 2.62. The molecule has 3 heteroatoms. The fourth-order valence-corrected chi connectivity index (χ4v) is 3.07. The summed E-state index contributed by atoms with van der Waals surface area (Å²) in [5.41, 5.74) is 0. The van der Waals surface area contributed by atoms with Gasteiger partial charge in [0.05, 0.1) is 0 Å².